The number of carbonyl (C=O) groups excluding carboxylic acids is 1. The average molecular weight is 433 g/mol. The number of halogens is 1. The lowest BCUT2D eigenvalue weighted by Crippen LogP contribution is -2.32. The van der Waals surface area contributed by atoms with Crippen LogP contribution in [0.2, 0.25) is 5.02 Å². The average Bonchev–Trinajstić information content (AvgIpc) is 3.27. The first-order valence-electron chi connectivity index (χ1n) is 10.1. The van der Waals surface area contributed by atoms with E-state index in [4.69, 9.17) is 16.6 Å². The second kappa shape index (κ2) is 7.67. The van der Waals surface area contributed by atoms with Crippen LogP contribution >= 0.6 is 11.6 Å². The number of hydrogen-bond acceptors (Lipinski definition) is 5. The molecule has 0 fully saturated rings. The van der Waals surface area contributed by atoms with Crippen molar-refractivity contribution in [1.82, 2.24) is 24.5 Å². The Kier molecular flexibility index (Phi) is 4.82. The number of benzene rings is 2. The largest absolute Gasteiger partial charge is 0.339 e. The molecule has 0 saturated carbocycles. The van der Waals surface area contributed by atoms with Gasteiger partial charge >= 0.3 is 0 Å². The van der Waals surface area contributed by atoms with Crippen LogP contribution in [0.1, 0.15) is 18.9 Å². The van der Waals surface area contributed by atoms with Gasteiger partial charge < -0.3 is 9.80 Å². The molecule has 0 N–H and O–H groups in total. The standard InChI is InChI=1S/C23H21ClN6O/c1-15(31)29-10-8-16(9-11-29)17-4-3-5-19(12-17)28(2)22-20-7-6-18(24)13-21(20)30-14-25-27-23(30)26-22/h3-8,12-14H,9-11H2,1-2H3. The molecule has 0 atom stereocenters. The molecule has 0 bridgehead atoms. The molecule has 5 rings (SSSR count). The Bertz CT molecular complexity index is 1340. The van der Waals surface area contributed by atoms with Gasteiger partial charge in [-0.1, -0.05) is 29.8 Å². The van der Waals surface area contributed by atoms with Crippen molar-refractivity contribution in [3.8, 4) is 0 Å². The minimum Gasteiger partial charge on any atom is -0.339 e. The van der Waals surface area contributed by atoms with Gasteiger partial charge in [0.05, 0.1) is 5.52 Å². The van der Waals surface area contributed by atoms with Crippen molar-refractivity contribution in [2.45, 2.75) is 13.3 Å². The van der Waals surface area contributed by atoms with Crippen LogP contribution in [0.15, 0.2) is 54.9 Å². The van der Waals surface area contributed by atoms with Gasteiger partial charge in [-0.15, -0.1) is 10.2 Å². The molecule has 0 spiro atoms. The van der Waals surface area contributed by atoms with Crippen LogP contribution in [0, 0.1) is 0 Å². The number of fused-ring (bicyclic) bond motifs is 3. The summed E-state index contributed by atoms with van der Waals surface area (Å²) in [5.41, 5.74) is 4.33. The molecule has 2 aromatic heterocycles. The van der Waals surface area contributed by atoms with Gasteiger partial charge in [-0.3, -0.25) is 9.20 Å². The highest BCUT2D eigenvalue weighted by Crippen LogP contribution is 2.33. The first kappa shape index (κ1) is 19.5. The fourth-order valence-electron chi connectivity index (χ4n) is 4.03. The lowest BCUT2D eigenvalue weighted by molar-refractivity contribution is -0.128. The smallest absolute Gasteiger partial charge is 0.257 e. The number of rotatable bonds is 3. The topological polar surface area (TPSA) is 66.6 Å². The Morgan fingerprint density at radius 3 is 2.84 bits per heavy atom. The number of hydrogen-bond donors (Lipinski definition) is 0. The summed E-state index contributed by atoms with van der Waals surface area (Å²) in [6.07, 6.45) is 4.63. The molecule has 3 heterocycles. The number of carbonyl (C=O) groups is 1. The van der Waals surface area contributed by atoms with E-state index < -0.39 is 0 Å². The summed E-state index contributed by atoms with van der Waals surface area (Å²) in [6, 6.07) is 14.1. The van der Waals surface area contributed by atoms with Crippen LogP contribution < -0.4 is 4.90 Å². The normalized spacial score (nSPS) is 14.2. The number of nitrogens with zero attached hydrogens (tertiary/aromatic N) is 6. The summed E-state index contributed by atoms with van der Waals surface area (Å²) < 4.78 is 1.84. The van der Waals surface area contributed by atoms with Gasteiger partial charge in [0.15, 0.2) is 0 Å². The first-order valence-corrected chi connectivity index (χ1v) is 10.5. The third kappa shape index (κ3) is 3.51. The molecule has 0 saturated heterocycles. The van der Waals surface area contributed by atoms with Crippen LogP contribution in [0.4, 0.5) is 11.5 Å². The van der Waals surface area contributed by atoms with E-state index in [-0.39, 0.29) is 5.91 Å². The van der Waals surface area contributed by atoms with Gasteiger partial charge in [-0.25, -0.2) is 0 Å². The summed E-state index contributed by atoms with van der Waals surface area (Å²) in [4.78, 5) is 20.3. The van der Waals surface area contributed by atoms with Crippen LogP contribution in [-0.4, -0.2) is 50.5 Å². The Hall–Kier alpha value is -3.45. The third-order valence-electron chi connectivity index (χ3n) is 5.77. The van der Waals surface area contributed by atoms with Crippen LogP contribution in [0.25, 0.3) is 22.3 Å². The summed E-state index contributed by atoms with van der Waals surface area (Å²) in [5.74, 6) is 1.42. The Balaban J connectivity index is 1.55. The van der Waals surface area contributed by atoms with E-state index in [1.807, 2.05) is 40.6 Å². The Labute approximate surface area is 184 Å². The highest BCUT2D eigenvalue weighted by molar-refractivity contribution is 6.31. The fraction of sp³-hybridized carbons (Fsp3) is 0.217. The molecular weight excluding hydrogens is 412 g/mol. The van der Waals surface area contributed by atoms with E-state index in [9.17, 15) is 4.79 Å². The molecule has 4 aromatic rings. The summed E-state index contributed by atoms with van der Waals surface area (Å²) in [5, 5.41) is 9.74. The van der Waals surface area contributed by atoms with E-state index in [1.54, 1.807) is 13.3 Å². The van der Waals surface area contributed by atoms with Crippen molar-refractivity contribution in [2.75, 3.05) is 25.0 Å². The zero-order valence-electron chi connectivity index (χ0n) is 17.3. The fourth-order valence-corrected chi connectivity index (χ4v) is 4.20. The molecule has 2 aromatic carbocycles. The van der Waals surface area contributed by atoms with Gasteiger partial charge in [0.1, 0.15) is 12.1 Å². The second-order valence-electron chi connectivity index (χ2n) is 7.65. The molecule has 0 unspecified atom stereocenters. The lowest BCUT2D eigenvalue weighted by Gasteiger charge is -2.26. The Morgan fingerprint density at radius 2 is 2.06 bits per heavy atom. The van der Waals surface area contributed by atoms with E-state index in [0.29, 0.717) is 17.3 Å². The minimum atomic E-state index is 0.116. The van der Waals surface area contributed by atoms with Crippen molar-refractivity contribution >= 4 is 51.3 Å². The van der Waals surface area contributed by atoms with Crippen molar-refractivity contribution in [1.29, 1.82) is 0 Å². The van der Waals surface area contributed by atoms with E-state index in [0.717, 1.165) is 40.9 Å². The molecule has 1 aliphatic heterocycles. The van der Waals surface area contributed by atoms with Crippen molar-refractivity contribution < 1.29 is 4.79 Å². The molecule has 31 heavy (non-hydrogen) atoms. The number of aromatic nitrogens is 4. The molecular formula is C23H21ClN6O. The molecule has 0 radical (unpaired) electrons. The van der Waals surface area contributed by atoms with Crippen molar-refractivity contribution in [3.63, 3.8) is 0 Å². The molecule has 0 aliphatic carbocycles. The van der Waals surface area contributed by atoms with E-state index >= 15 is 0 Å². The third-order valence-corrected chi connectivity index (χ3v) is 6.01. The highest BCUT2D eigenvalue weighted by Gasteiger charge is 2.18. The van der Waals surface area contributed by atoms with Gasteiger partial charge in [-0.05, 0) is 47.9 Å². The summed E-state index contributed by atoms with van der Waals surface area (Å²) >= 11 is 6.25. The molecule has 7 nitrogen and oxygen atoms in total. The van der Waals surface area contributed by atoms with Crippen LogP contribution in [0.3, 0.4) is 0 Å². The molecule has 8 heteroatoms. The molecule has 1 aliphatic rings. The van der Waals surface area contributed by atoms with Crippen molar-refractivity contribution in [3.05, 3.63) is 65.5 Å². The lowest BCUT2D eigenvalue weighted by atomic mass is 9.99. The van der Waals surface area contributed by atoms with Gasteiger partial charge in [0, 0.05) is 43.2 Å². The van der Waals surface area contributed by atoms with E-state index in [2.05, 4.69) is 39.4 Å². The Morgan fingerprint density at radius 1 is 1.19 bits per heavy atom. The predicted octanol–water partition coefficient (Wildman–Crippen LogP) is 4.33. The van der Waals surface area contributed by atoms with Gasteiger partial charge in [-0.2, -0.15) is 4.98 Å². The monoisotopic (exact) mass is 432 g/mol. The number of anilines is 2. The van der Waals surface area contributed by atoms with E-state index in [1.165, 1.54) is 5.57 Å². The maximum Gasteiger partial charge on any atom is 0.257 e. The minimum absolute atomic E-state index is 0.116. The highest BCUT2D eigenvalue weighted by atomic mass is 35.5. The SMILES string of the molecule is CC(=O)N1CC=C(c2cccc(N(C)c3nc4nncn4c4cc(Cl)ccc34)c2)CC1. The van der Waals surface area contributed by atoms with Crippen LogP contribution in [0.5, 0.6) is 0 Å². The first-order chi connectivity index (χ1) is 15.0. The van der Waals surface area contributed by atoms with Gasteiger partial charge in [0.25, 0.3) is 5.78 Å². The molecule has 156 valence electrons. The number of amides is 1. The quantitative estimate of drug-likeness (QED) is 0.482. The predicted molar refractivity (Wildman–Crippen MR) is 123 cm³/mol. The second-order valence-corrected chi connectivity index (χ2v) is 8.09. The zero-order chi connectivity index (χ0) is 21.5. The zero-order valence-corrected chi connectivity index (χ0v) is 18.0. The van der Waals surface area contributed by atoms with Crippen molar-refractivity contribution in [2.24, 2.45) is 0 Å². The maximum atomic E-state index is 11.6. The summed E-state index contributed by atoms with van der Waals surface area (Å²) in [6.45, 7) is 3.02. The van der Waals surface area contributed by atoms with Gasteiger partial charge in [0.2, 0.25) is 5.91 Å². The molecule has 1 amide bonds. The van der Waals surface area contributed by atoms with Crippen LogP contribution in [-0.2, 0) is 4.79 Å². The summed E-state index contributed by atoms with van der Waals surface area (Å²) in [7, 11) is 2.00. The maximum absolute atomic E-state index is 11.6.